The number of hydrogen-bond donors (Lipinski definition) is 2. The van der Waals surface area contributed by atoms with Crippen LogP contribution in [0, 0.1) is 6.92 Å². The monoisotopic (exact) mass is 497 g/mol. The molecule has 2 aromatic carbocycles. The lowest BCUT2D eigenvalue weighted by Crippen LogP contribution is -2.40. The second kappa shape index (κ2) is 11.0. The van der Waals surface area contributed by atoms with E-state index in [-0.39, 0.29) is 22.4 Å². The number of anilines is 1. The molecule has 3 aromatic rings. The third-order valence-electron chi connectivity index (χ3n) is 6.25. The van der Waals surface area contributed by atoms with Crippen molar-refractivity contribution in [3.8, 4) is 5.75 Å². The zero-order valence-corrected chi connectivity index (χ0v) is 20.8. The van der Waals surface area contributed by atoms with Gasteiger partial charge in [-0.05, 0) is 74.8 Å². The zero-order chi connectivity index (χ0) is 24.8. The minimum atomic E-state index is -3.95. The average molecular weight is 498 g/mol. The average Bonchev–Trinajstić information content (AvgIpc) is 3.39. The summed E-state index contributed by atoms with van der Waals surface area (Å²) in [6.07, 6.45) is 5.07. The summed E-state index contributed by atoms with van der Waals surface area (Å²) in [5, 5.41) is 2.97. The molecule has 2 heterocycles. The molecule has 1 aromatic heterocycles. The van der Waals surface area contributed by atoms with Crippen LogP contribution in [-0.4, -0.2) is 46.0 Å². The molecule has 1 aliphatic rings. The van der Waals surface area contributed by atoms with E-state index in [9.17, 15) is 13.2 Å². The fourth-order valence-corrected chi connectivity index (χ4v) is 5.71. The number of nitrogens with zero attached hydrogens (tertiary/aromatic N) is 1. The molecule has 8 nitrogen and oxygen atoms in total. The molecular weight excluding hydrogens is 466 g/mol. The minimum Gasteiger partial charge on any atom is -0.495 e. The summed E-state index contributed by atoms with van der Waals surface area (Å²) in [6, 6.07) is 15.1. The van der Waals surface area contributed by atoms with Gasteiger partial charge in [0, 0.05) is 12.1 Å². The van der Waals surface area contributed by atoms with Gasteiger partial charge in [-0.15, -0.1) is 0 Å². The third-order valence-corrected chi connectivity index (χ3v) is 7.76. The summed E-state index contributed by atoms with van der Waals surface area (Å²) >= 11 is 0. The SMILES string of the molecule is COc1ccccc1NS(=O)(=O)c1cc(C(=O)NC[C@H](c2ccco2)N2CCCCC2)ccc1C. The molecule has 1 fully saturated rings. The highest BCUT2D eigenvalue weighted by Crippen LogP contribution is 2.28. The molecule has 0 spiro atoms. The summed E-state index contributed by atoms with van der Waals surface area (Å²) in [7, 11) is -2.47. The quantitative estimate of drug-likeness (QED) is 0.456. The van der Waals surface area contributed by atoms with Crippen molar-refractivity contribution in [1.82, 2.24) is 10.2 Å². The van der Waals surface area contributed by atoms with Gasteiger partial charge in [-0.2, -0.15) is 0 Å². The molecule has 0 bridgehead atoms. The molecule has 35 heavy (non-hydrogen) atoms. The number of benzene rings is 2. The second-order valence-electron chi connectivity index (χ2n) is 8.62. The fraction of sp³-hybridized carbons (Fsp3) is 0.346. The predicted octanol–water partition coefficient (Wildman–Crippen LogP) is 4.35. The predicted molar refractivity (Wildman–Crippen MR) is 134 cm³/mol. The Balaban J connectivity index is 1.52. The molecule has 1 saturated heterocycles. The number of aryl methyl sites for hydroxylation is 1. The molecule has 0 saturated carbocycles. The maximum Gasteiger partial charge on any atom is 0.262 e. The molecule has 186 valence electrons. The summed E-state index contributed by atoms with van der Waals surface area (Å²) in [5.74, 6) is 0.872. The summed E-state index contributed by atoms with van der Waals surface area (Å²) in [5.41, 5.74) is 1.13. The number of methoxy groups -OCH3 is 1. The Morgan fingerprint density at radius 1 is 1.09 bits per heavy atom. The van der Waals surface area contributed by atoms with Crippen molar-refractivity contribution in [2.45, 2.75) is 37.1 Å². The fourth-order valence-electron chi connectivity index (χ4n) is 4.37. The lowest BCUT2D eigenvalue weighted by molar-refractivity contribution is 0.0914. The van der Waals surface area contributed by atoms with Gasteiger partial charge in [0.25, 0.3) is 15.9 Å². The Morgan fingerprint density at radius 2 is 1.86 bits per heavy atom. The first-order valence-corrected chi connectivity index (χ1v) is 13.2. The smallest absolute Gasteiger partial charge is 0.262 e. The van der Waals surface area contributed by atoms with E-state index in [1.807, 2.05) is 12.1 Å². The highest BCUT2D eigenvalue weighted by atomic mass is 32.2. The van der Waals surface area contributed by atoms with Gasteiger partial charge in [0.15, 0.2) is 0 Å². The van der Waals surface area contributed by atoms with E-state index in [1.165, 1.54) is 19.6 Å². The molecule has 2 N–H and O–H groups in total. The molecular formula is C26H31N3O5S. The van der Waals surface area contributed by atoms with Crippen molar-refractivity contribution in [2.24, 2.45) is 0 Å². The Morgan fingerprint density at radius 3 is 2.57 bits per heavy atom. The van der Waals surface area contributed by atoms with Gasteiger partial charge in [-0.3, -0.25) is 14.4 Å². The van der Waals surface area contributed by atoms with Gasteiger partial charge < -0.3 is 14.5 Å². The van der Waals surface area contributed by atoms with Gasteiger partial charge >= 0.3 is 0 Å². The van der Waals surface area contributed by atoms with Gasteiger partial charge in [-0.25, -0.2) is 8.42 Å². The van der Waals surface area contributed by atoms with Crippen LogP contribution >= 0.6 is 0 Å². The van der Waals surface area contributed by atoms with Crippen LogP contribution in [0.25, 0.3) is 0 Å². The van der Waals surface area contributed by atoms with E-state index in [4.69, 9.17) is 9.15 Å². The Kier molecular flexibility index (Phi) is 7.77. The van der Waals surface area contributed by atoms with Crippen LogP contribution in [0.15, 0.2) is 70.2 Å². The molecule has 1 atom stereocenters. The van der Waals surface area contributed by atoms with Crippen molar-refractivity contribution in [2.75, 3.05) is 31.5 Å². The largest absolute Gasteiger partial charge is 0.495 e. The highest BCUT2D eigenvalue weighted by molar-refractivity contribution is 7.92. The number of ether oxygens (including phenoxy) is 1. The Labute approximate surface area is 206 Å². The topological polar surface area (TPSA) is 101 Å². The zero-order valence-electron chi connectivity index (χ0n) is 20.0. The van der Waals surface area contributed by atoms with E-state index >= 15 is 0 Å². The third kappa shape index (κ3) is 5.86. The Hall–Kier alpha value is -3.30. The van der Waals surface area contributed by atoms with Crippen molar-refractivity contribution in [3.05, 3.63) is 77.7 Å². The number of sulfonamides is 1. The van der Waals surface area contributed by atoms with E-state index in [0.29, 0.717) is 23.5 Å². The maximum absolute atomic E-state index is 13.2. The number of piperidine rings is 1. The normalized spacial score (nSPS) is 15.4. The molecule has 4 rings (SSSR count). The first-order valence-electron chi connectivity index (χ1n) is 11.7. The number of furan rings is 1. The Bertz CT molecular complexity index is 1250. The molecule has 1 aliphatic heterocycles. The van der Waals surface area contributed by atoms with Crippen LogP contribution in [0.1, 0.15) is 47.0 Å². The number of carbonyl (C=O) groups is 1. The number of likely N-dealkylation sites (tertiary alicyclic amines) is 1. The lowest BCUT2D eigenvalue weighted by Gasteiger charge is -2.33. The highest BCUT2D eigenvalue weighted by Gasteiger charge is 2.26. The first kappa shape index (κ1) is 24.8. The van der Waals surface area contributed by atoms with Crippen LogP contribution in [0.5, 0.6) is 5.75 Å². The molecule has 1 amide bonds. The van der Waals surface area contributed by atoms with Crippen molar-refractivity contribution < 1.29 is 22.4 Å². The van der Waals surface area contributed by atoms with Crippen LogP contribution in [-0.2, 0) is 10.0 Å². The van der Waals surface area contributed by atoms with Gasteiger partial charge in [0.05, 0.1) is 30.0 Å². The van der Waals surface area contributed by atoms with Gasteiger partial charge in [0.1, 0.15) is 11.5 Å². The number of hydrogen-bond acceptors (Lipinski definition) is 6. The molecule has 0 unspecified atom stereocenters. The van der Waals surface area contributed by atoms with Crippen molar-refractivity contribution in [1.29, 1.82) is 0 Å². The maximum atomic E-state index is 13.2. The number of rotatable bonds is 9. The molecule has 9 heteroatoms. The minimum absolute atomic E-state index is 0.0367. The van der Waals surface area contributed by atoms with Crippen LogP contribution in [0.4, 0.5) is 5.69 Å². The summed E-state index contributed by atoms with van der Waals surface area (Å²) < 4.78 is 39.8. The van der Waals surface area contributed by atoms with E-state index in [1.54, 1.807) is 49.6 Å². The van der Waals surface area contributed by atoms with Gasteiger partial charge in [0.2, 0.25) is 0 Å². The number of nitrogens with one attached hydrogen (secondary N) is 2. The number of amides is 1. The summed E-state index contributed by atoms with van der Waals surface area (Å²) in [4.78, 5) is 15.4. The van der Waals surface area contributed by atoms with Crippen molar-refractivity contribution >= 4 is 21.6 Å². The summed E-state index contributed by atoms with van der Waals surface area (Å²) in [6.45, 7) is 3.95. The van der Waals surface area contributed by atoms with Crippen LogP contribution < -0.4 is 14.8 Å². The first-order chi connectivity index (χ1) is 16.9. The van der Waals surface area contributed by atoms with Crippen molar-refractivity contribution in [3.63, 3.8) is 0 Å². The van der Waals surface area contributed by atoms with E-state index in [2.05, 4.69) is 14.9 Å². The molecule has 0 aliphatic carbocycles. The number of para-hydroxylation sites is 2. The number of carbonyl (C=O) groups excluding carboxylic acids is 1. The van der Waals surface area contributed by atoms with Gasteiger partial charge in [-0.1, -0.05) is 24.6 Å². The molecule has 0 radical (unpaired) electrons. The van der Waals surface area contributed by atoms with E-state index < -0.39 is 10.0 Å². The van der Waals surface area contributed by atoms with Crippen LogP contribution in [0.3, 0.4) is 0 Å². The standard InChI is InChI=1S/C26H31N3O5S/c1-19-12-13-20(17-25(19)35(31,32)28-21-9-4-5-10-23(21)33-2)26(30)27-18-22(24-11-8-16-34-24)29-14-6-3-7-15-29/h4-5,8-13,16-17,22,28H,3,6-7,14-15,18H2,1-2H3,(H,27,30)/t22-/m1/s1. The second-order valence-corrected chi connectivity index (χ2v) is 10.3. The van der Waals surface area contributed by atoms with E-state index in [0.717, 1.165) is 31.7 Å². The lowest BCUT2D eigenvalue weighted by atomic mass is 10.1. The van der Waals surface area contributed by atoms with Crippen LogP contribution in [0.2, 0.25) is 0 Å².